The molecule has 5 rings (SSSR count). The van der Waals surface area contributed by atoms with Crippen LogP contribution in [0.3, 0.4) is 0 Å². The van der Waals surface area contributed by atoms with E-state index in [9.17, 15) is 51.5 Å². The zero-order chi connectivity index (χ0) is 77.6. The average Bonchev–Trinajstić information content (AvgIpc) is 1.77. The molecule has 572 valence electrons. The molecule has 30 heteroatoms. The minimum Gasteiger partial charge on any atom is -0.359 e. The molecule has 1 aliphatic carbocycles. The summed E-state index contributed by atoms with van der Waals surface area (Å²) < 4.78 is 41.8. The van der Waals surface area contributed by atoms with Crippen LogP contribution in [0, 0.1) is 24.7 Å². The molecule has 2 aromatic rings. The number of hydrogen-bond acceptors (Lipinski definition) is 13. The Hall–Kier alpha value is -8.37. The molecule has 3 aliphatic rings. The number of amides is 13. The number of likely N-dealkylation sites (N-methyl/N-ethyl adjacent to an activating group) is 8. The number of aryl methyl sites for hydroxylation is 2. The van der Waals surface area contributed by atoms with Crippen LogP contribution in [-0.2, 0) is 81.3 Å². The number of benzene rings is 2. The number of hydrogen-bond donors (Lipinski definition) is 4. The molecule has 1 saturated carbocycles. The second-order valence-electron chi connectivity index (χ2n) is 28.9. The first-order valence-electron chi connectivity index (χ1n) is 35.5. The van der Waals surface area contributed by atoms with E-state index < -0.39 is 178 Å². The van der Waals surface area contributed by atoms with E-state index in [1.807, 2.05) is 39.8 Å². The summed E-state index contributed by atoms with van der Waals surface area (Å²) in [5.74, 6) is -10.9. The van der Waals surface area contributed by atoms with E-state index in [0.717, 1.165) is 38.5 Å². The Bertz CT molecular complexity index is 3430. The van der Waals surface area contributed by atoms with Gasteiger partial charge in [0.05, 0.1) is 23.6 Å². The summed E-state index contributed by atoms with van der Waals surface area (Å²) in [5, 5.41) is 10.4. The van der Waals surface area contributed by atoms with E-state index in [4.69, 9.17) is 11.6 Å². The summed E-state index contributed by atoms with van der Waals surface area (Å²) in [5.41, 5.74) is -1.13. The van der Waals surface area contributed by atoms with Gasteiger partial charge < -0.3 is 65.4 Å². The van der Waals surface area contributed by atoms with Crippen molar-refractivity contribution in [2.45, 2.75) is 211 Å². The monoisotopic (exact) mass is 1470 g/mol. The number of nitrogens with zero attached hydrogens (tertiary/aromatic N) is 9. The van der Waals surface area contributed by atoms with Crippen molar-refractivity contribution in [3.05, 3.63) is 69.7 Å². The van der Waals surface area contributed by atoms with Crippen molar-refractivity contribution in [3.8, 4) is 0 Å². The van der Waals surface area contributed by atoms with Crippen molar-refractivity contribution in [1.82, 2.24) is 65.4 Å². The predicted molar refractivity (Wildman–Crippen MR) is 381 cm³/mol. The van der Waals surface area contributed by atoms with Crippen LogP contribution in [0.1, 0.15) is 148 Å². The number of halogens is 4. The fourth-order valence-corrected chi connectivity index (χ4v) is 13.9. The van der Waals surface area contributed by atoms with Crippen molar-refractivity contribution in [3.63, 3.8) is 0 Å². The number of alkyl halides is 3. The van der Waals surface area contributed by atoms with Gasteiger partial charge in [0.25, 0.3) is 0 Å². The lowest BCUT2D eigenvalue weighted by atomic mass is 9.90. The van der Waals surface area contributed by atoms with Crippen LogP contribution in [0.4, 0.5) is 13.2 Å². The van der Waals surface area contributed by atoms with Gasteiger partial charge in [0.1, 0.15) is 59.9 Å². The summed E-state index contributed by atoms with van der Waals surface area (Å²) >= 11 is 6.15. The normalized spacial score (nSPS) is 25.0. The molecule has 2 heterocycles. The molecule has 2 aliphatic heterocycles. The molecule has 103 heavy (non-hydrogen) atoms. The predicted octanol–water partition coefficient (Wildman–Crippen LogP) is 4.44. The molecular formula is C73H109ClF3N13O13. The van der Waals surface area contributed by atoms with Crippen LogP contribution >= 0.6 is 11.6 Å². The molecule has 4 N–H and O–H groups in total. The molecule has 0 radical (unpaired) electrons. The Morgan fingerprint density at radius 2 is 1.28 bits per heavy atom. The fourth-order valence-electron chi connectivity index (χ4n) is 13.6. The lowest BCUT2D eigenvalue weighted by Crippen LogP contribution is -2.65. The molecule has 0 aromatic heterocycles. The topological polar surface area (TPSA) is 299 Å². The van der Waals surface area contributed by atoms with Gasteiger partial charge in [-0.1, -0.05) is 115 Å². The summed E-state index contributed by atoms with van der Waals surface area (Å²) in [4.78, 5) is 203. The maximum Gasteiger partial charge on any atom is 0.417 e. The van der Waals surface area contributed by atoms with Gasteiger partial charge in [-0.05, 0) is 99.8 Å². The quantitative estimate of drug-likeness (QED) is 0.192. The van der Waals surface area contributed by atoms with Gasteiger partial charge in [-0.2, -0.15) is 13.2 Å². The number of rotatable bonds is 15. The van der Waals surface area contributed by atoms with Gasteiger partial charge in [0.15, 0.2) is 0 Å². The number of carbonyl (C=O) groups is 13. The van der Waals surface area contributed by atoms with Crippen molar-refractivity contribution in [1.29, 1.82) is 0 Å². The zero-order valence-corrected chi connectivity index (χ0v) is 63.9. The Morgan fingerprint density at radius 3 is 1.82 bits per heavy atom. The lowest BCUT2D eigenvalue weighted by Gasteiger charge is -2.45. The van der Waals surface area contributed by atoms with E-state index in [0.29, 0.717) is 31.2 Å². The molecule has 13 amide bonds. The SMILES string of the molecule is CC[C@H](C)[C@@H]1NC(=O)[C@H](CC(C)C)N(C)C(=O)C[C@@H](C(=O)N(C)C)N(C)C(=O)[C@H]([C@@H](C)CC)N(C)C(=O)C2(CCCC2)NC(=O)[C@H](CCC(=O)NC)N(C)C(=O)[C@H](CCc2ccc(C(F)(F)F)c(Cl)c2)NC(=O)CN(C)C(=O)[C@H](Cc2ccc(C)cc2)N(C)C(=O)C2CCN2C(=O)[C@H](C)N(C)C1=O. The lowest BCUT2D eigenvalue weighted by molar-refractivity contribution is -0.160. The third-order valence-corrected chi connectivity index (χ3v) is 21.3. The Labute approximate surface area is 609 Å². The third kappa shape index (κ3) is 21.0. The molecule has 1 spiro atoms. The van der Waals surface area contributed by atoms with Crippen LogP contribution in [0.5, 0.6) is 0 Å². The first-order valence-corrected chi connectivity index (χ1v) is 35.9. The van der Waals surface area contributed by atoms with Gasteiger partial charge in [-0.15, -0.1) is 0 Å². The number of nitrogens with one attached hydrogen (secondary N) is 4. The van der Waals surface area contributed by atoms with Crippen LogP contribution < -0.4 is 21.3 Å². The first-order chi connectivity index (χ1) is 48.1. The van der Waals surface area contributed by atoms with Crippen molar-refractivity contribution >= 4 is 88.4 Å². The molecule has 1 unspecified atom stereocenters. The minimum atomic E-state index is -4.81. The van der Waals surface area contributed by atoms with Gasteiger partial charge in [0.2, 0.25) is 76.8 Å². The number of carbonyl (C=O) groups excluding carboxylic acids is 13. The third-order valence-electron chi connectivity index (χ3n) is 21.0. The maximum atomic E-state index is 15.6. The van der Waals surface area contributed by atoms with E-state index in [1.54, 1.807) is 32.9 Å². The molecule has 11 atom stereocenters. The largest absolute Gasteiger partial charge is 0.417 e. The van der Waals surface area contributed by atoms with Gasteiger partial charge in [-0.25, -0.2) is 0 Å². The first kappa shape index (κ1) is 85.3. The fraction of sp³-hybridized carbons (Fsp3) is 0.658. The Kier molecular flexibility index (Phi) is 30.5. The van der Waals surface area contributed by atoms with Crippen molar-refractivity contribution in [2.24, 2.45) is 17.8 Å². The Morgan fingerprint density at radius 1 is 0.689 bits per heavy atom. The smallest absolute Gasteiger partial charge is 0.359 e. The van der Waals surface area contributed by atoms with Crippen molar-refractivity contribution < 1.29 is 75.5 Å². The molecule has 26 nitrogen and oxygen atoms in total. The van der Waals surface area contributed by atoms with Crippen LogP contribution in [0.25, 0.3) is 0 Å². The standard InChI is InChI=1S/C73H109ClF3N13O13/c1-19-44(6)60-69(101)84(13)46(8)64(96)90-36-33-53(90)68(100)87(16)55(39-48-25-23-43(5)24-26-48)67(99)83(12)41-58(92)79-51(30-28-47-27-29-49(50(74)38-47)73(75,76)77)65(97)86(15)52(31-32-57(91)78-9)63(95)81-72(34-21-22-35-72)71(103)89(18)61(45(7)20-2)70(102)88(17)56(66(98)82(10)11)40-59(93)85(14)54(37-42(3)4)62(94)80-60/h23-27,29,38,42,44-46,51-56,60-61H,19-22,28,30-37,39-41H2,1-18H3,(H,78,91)(H,79,92)(H,80,94)(H,81,95)/t44-,45-,46-,51-,52-,53?,54-,55-,56-,60-,61-/m0/s1. The number of fused-ring (bicyclic) bond motifs is 1. The van der Waals surface area contributed by atoms with E-state index >= 15 is 24.0 Å². The van der Waals surface area contributed by atoms with Gasteiger partial charge in [0, 0.05) is 89.9 Å². The molecule has 3 fully saturated rings. The molecule has 0 bridgehead atoms. The van der Waals surface area contributed by atoms with Crippen molar-refractivity contribution in [2.75, 3.05) is 83.6 Å². The summed E-state index contributed by atoms with van der Waals surface area (Å²) in [6, 6.07) is -2.03. The molecular weight excluding hydrogens is 1360 g/mol. The summed E-state index contributed by atoms with van der Waals surface area (Å²) in [6.45, 7) is 13.4. The van der Waals surface area contributed by atoms with E-state index in [1.165, 1.54) is 107 Å². The second kappa shape index (κ2) is 36.9. The maximum absolute atomic E-state index is 15.6. The highest BCUT2D eigenvalue weighted by molar-refractivity contribution is 6.31. The minimum absolute atomic E-state index is 0.0456. The Balaban J connectivity index is 1.70. The van der Waals surface area contributed by atoms with Gasteiger partial charge in [-0.3, -0.25) is 62.3 Å². The summed E-state index contributed by atoms with van der Waals surface area (Å²) in [7, 11) is 13.7. The van der Waals surface area contributed by atoms with E-state index in [2.05, 4.69) is 21.3 Å². The van der Waals surface area contributed by atoms with E-state index in [-0.39, 0.29) is 75.8 Å². The average molecular weight is 1470 g/mol. The molecule has 2 saturated heterocycles. The highest BCUT2D eigenvalue weighted by Gasteiger charge is 2.51. The van der Waals surface area contributed by atoms with Crippen LogP contribution in [-0.4, -0.2) is 264 Å². The second-order valence-corrected chi connectivity index (χ2v) is 29.3. The highest BCUT2D eigenvalue weighted by Crippen LogP contribution is 2.37. The summed E-state index contributed by atoms with van der Waals surface area (Å²) in [6.07, 6.45) is -4.92. The molecule has 2 aromatic carbocycles. The van der Waals surface area contributed by atoms with Crippen LogP contribution in [0.15, 0.2) is 42.5 Å². The van der Waals surface area contributed by atoms with Crippen LogP contribution in [0.2, 0.25) is 5.02 Å². The van der Waals surface area contributed by atoms with Gasteiger partial charge >= 0.3 is 6.18 Å². The zero-order valence-electron chi connectivity index (χ0n) is 63.1. The highest BCUT2D eigenvalue weighted by atomic mass is 35.5.